The van der Waals surface area contributed by atoms with Gasteiger partial charge in [0, 0.05) is 45.3 Å². The van der Waals surface area contributed by atoms with Crippen LogP contribution in [0.4, 0.5) is 0 Å². The minimum atomic E-state index is 0.786. The summed E-state index contributed by atoms with van der Waals surface area (Å²) in [6, 6.07) is 0.786. The van der Waals surface area contributed by atoms with E-state index >= 15 is 0 Å². The maximum Gasteiger partial charge on any atom is 0.0348 e. The van der Waals surface area contributed by atoms with E-state index in [-0.39, 0.29) is 0 Å². The van der Waals surface area contributed by atoms with Crippen molar-refractivity contribution in [1.29, 1.82) is 0 Å². The fourth-order valence-electron chi connectivity index (χ4n) is 2.73. The molecule has 88 valence electrons. The zero-order chi connectivity index (χ0) is 10.5. The molecule has 0 saturated carbocycles. The number of nitrogens with zero attached hydrogens (tertiary/aromatic N) is 2. The van der Waals surface area contributed by atoms with Crippen LogP contribution in [0.1, 0.15) is 26.2 Å². The first-order chi connectivity index (χ1) is 7.40. The summed E-state index contributed by atoms with van der Waals surface area (Å²) >= 11 is 0. The van der Waals surface area contributed by atoms with Crippen molar-refractivity contribution >= 4 is 0 Å². The highest BCUT2D eigenvalue weighted by Crippen LogP contribution is 2.12. The van der Waals surface area contributed by atoms with Gasteiger partial charge in [0.1, 0.15) is 0 Å². The Kier molecular flexibility index (Phi) is 4.42. The van der Waals surface area contributed by atoms with E-state index in [1.165, 1.54) is 65.1 Å². The largest absolute Gasteiger partial charge is 0.314 e. The van der Waals surface area contributed by atoms with Gasteiger partial charge >= 0.3 is 0 Å². The van der Waals surface area contributed by atoms with E-state index in [4.69, 9.17) is 0 Å². The van der Waals surface area contributed by atoms with E-state index in [1.807, 2.05) is 0 Å². The molecule has 0 spiro atoms. The summed E-state index contributed by atoms with van der Waals surface area (Å²) < 4.78 is 0. The lowest BCUT2D eigenvalue weighted by Crippen LogP contribution is -2.61. The van der Waals surface area contributed by atoms with Crippen LogP contribution in [0.2, 0.25) is 0 Å². The Morgan fingerprint density at radius 1 is 1.20 bits per heavy atom. The Morgan fingerprint density at radius 3 is 3.00 bits per heavy atom. The SMILES string of the molecule is CCCCCN1CCN2CCNCC2C1. The van der Waals surface area contributed by atoms with Crippen molar-refractivity contribution in [2.24, 2.45) is 0 Å². The third-order valence-corrected chi connectivity index (χ3v) is 3.72. The van der Waals surface area contributed by atoms with Crippen LogP contribution in [0, 0.1) is 0 Å². The summed E-state index contributed by atoms with van der Waals surface area (Å²) in [6.07, 6.45) is 4.12. The molecular formula is C12H25N3. The van der Waals surface area contributed by atoms with E-state index in [0.29, 0.717) is 0 Å². The number of nitrogens with one attached hydrogen (secondary N) is 1. The van der Waals surface area contributed by atoms with Gasteiger partial charge in [-0.15, -0.1) is 0 Å². The number of hydrogen-bond donors (Lipinski definition) is 1. The van der Waals surface area contributed by atoms with Gasteiger partial charge < -0.3 is 10.2 Å². The maximum atomic E-state index is 3.50. The number of piperazine rings is 2. The van der Waals surface area contributed by atoms with Crippen molar-refractivity contribution in [3.8, 4) is 0 Å². The van der Waals surface area contributed by atoms with Crippen molar-refractivity contribution in [2.45, 2.75) is 32.2 Å². The third-order valence-electron chi connectivity index (χ3n) is 3.72. The molecule has 2 heterocycles. The van der Waals surface area contributed by atoms with Gasteiger partial charge in [-0.05, 0) is 13.0 Å². The summed E-state index contributed by atoms with van der Waals surface area (Å²) in [5.41, 5.74) is 0. The molecule has 1 N–H and O–H groups in total. The predicted molar refractivity (Wildman–Crippen MR) is 64.2 cm³/mol. The molecule has 0 radical (unpaired) electrons. The van der Waals surface area contributed by atoms with Gasteiger partial charge in [-0.25, -0.2) is 0 Å². The van der Waals surface area contributed by atoms with Crippen LogP contribution in [0.5, 0.6) is 0 Å². The molecule has 2 fully saturated rings. The van der Waals surface area contributed by atoms with Gasteiger partial charge in [-0.2, -0.15) is 0 Å². The van der Waals surface area contributed by atoms with Crippen molar-refractivity contribution in [3.05, 3.63) is 0 Å². The monoisotopic (exact) mass is 211 g/mol. The second kappa shape index (κ2) is 5.83. The summed E-state index contributed by atoms with van der Waals surface area (Å²) in [6.45, 7) is 11.1. The van der Waals surface area contributed by atoms with Crippen LogP contribution in [-0.4, -0.2) is 61.7 Å². The van der Waals surface area contributed by atoms with Crippen LogP contribution in [-0.2, 0) is 0 Å². The third kappa shape index (κ3) is 3.16. The fourth-order valence-corrected chi connectivity index (χ4v) is 2.73. The van der Waals surface area contributed by atoms with Crippen LogP contribution in [0.15, 0.2) is 0 Å². The van der Waals surface area contributed by atoms with E-state index < -0.39 is 0 Å². The van der Waals surface area contributed by atoms with E-state index in [9.17, 15) is 0 Å². The second-order valence-corrected chi connectivity index (χ2v) is 4.90. The fraction of sp³-hybridized carbons (Fsp3) is 1.00. The molecule has 3 heteroatoms. The molecule has 2 aliphatic rings. The molecule has 0 aromatic rings. The summed E-state index contributed by atoms with van der Waals surface area (Å²) in [7, 11) is 0. The molecule has 3 nitrogen and oxygen atoms in total. The van der Waals surface area contributed by atoms with Crippen LogP contribution >= 0.6 is 0 Å². The van der Waals surface area contributed by atoms with Gasteiger partial charge in [0.25, 0.3) is 0 Å². The van der Waals surface area contributed by atoms with E-state index in [2.05, 4.69) is 22.0 Å². The molecule has 0 amide bonds. The first kappa shape index (κ1) is 11.4. The Morgan fingerprint density at radius 2 is 2.13 bits per heavy atom. The molecule has 1 unspecified atom stereocenters. The Hall–Kier alpha value is -0.120. The van der Waals surface area contributed by atoms with Crippen LogP contribution in [0.3, 0.4) is 0 Å². The number of rotatable bonds is 4. The van der Waals surface area contributed by atoms with Crippen LogP contribution < -0.4 is 5.32 Å². The molecule has 15 heavy (non-hydrogen) atoms. The summed E-state index contributed by atoms with van der Waals surface area (Å²) in [5, 5.41) is 3.50. The van der Waals surface area contributed by atoms with Crippen molar-refractivity contribution < 1.29 is 0 Å². The van der Waals surface area contributed by atoms with Gasteiger partial charge in [-0.3, -0.25) is 4.90 Å². The molecule has 0 aromatic carbocycles. The highest BCUT2D eigenvalue weighted by atomic mass is 15.3. The lowest BCUT2D eigenvalue weighted by atomic mass is 10.1. The first-order valence-electron chi connectivity index (χ1n) is 6.57. The van der Waals surface area contributed by atoms with Gasteiger partial charge in [0.2, 0.25) is 0 Å². The Labute approximate surface area is 93.8 Å². The van der Waals surface area contributed by atoms with Gasteiger partial charge in [0.05, 0.1) is 0 Å². The smallest absolute Gasteiger partial charge is 0.0348 e. The maximum absolute atomic E-state index is 3.50. The lowest BCUT2D eigenvalue weighted by Gasteiger charge is -2.44. The predicted octanol–water partition coefficient (Wildman–Crippen LogP) is 0.766. The van der Waals surface area contributed by atoms with Gasteiger partial charge in [-0.1, -0.05) is 19.8 Å². The molecule has 0 aromatic heterocycles. The molecule has 2 aliphatic heterocycles. The second-order valence-electron chi connectivity index (χ2n) is 4.90. The molecule has 0 bridgehead atoms. The lowest BCUT2D eigenvalue weighted by molar-refractivity contribution is 0.0572. The molecule has 1 atom stereocenters. The van der Waals surface area contributed by atoms with Gasteiger partial charge in [0.15, 0.2) is 0 Å². The average Bonchev–Trinajstić information content (AvgIpc) is 2.29. The van der Waals surface area contributed by atoms with E-state index in [0.717, 1.165) is 6.04 Å². The Balaban J connectivity index is 1.71. The minimum Gasteiger partial charge on any atom is -0.314 e. The van der Waals surface area contributed by atoms with Crippen LogP contribution in [0.25, 0.3) is 0 Å². The molecule has 2 saturated heterocycles. The minimum absolute atomic E-state index is 0.786. The number of unbranched alkanes of at least 4 members (excludes halogenated alkanes) is 2. The van der Waals surface area contributed by atoms with E-state index in [1.54, 1.807) is 0 Å². The zero-order valence-corrected chi connectivity index (χ0v) is 10.0. The summed E-state index contributed by atoms with van der Waals surface area (Å²) in [4.78, 5) is 5.32. The standard InChI is InChI=1S/C12H25N3/c1-2-3-4-6-14-8-9-15-7-5-13-10-12(15)11-14/h12-13H,2-11H2,1H3. The topological polar surface area (TPSA) is 18.5 Å². The van der Waals surface area contributed by atoms with Crippen molar-refractivity contribution in [1.82, 2.24) is 15.1 Å². The van der Waals surface area contributed by atoms with Crippen molar-refractivity contribution in [2.75, 3.05) is 45.8 Å². The summed E-state index contributed by atoms with van der Waals surface area (Å²) in [5.74, 6) is 0. The molecular weight excluding hydrogens is 186 g/mol. The molecule has 0 aliphatic carbocycles. The quantitative estimate of drug-likeness (QED) is 0.693. The Bertz CT molecular complexity index is 182. The highest BCUT2D eigenvalue weighted by molar-refractivity contribution is 4.86. The highest BCUT2D eigenvalue weighted by Gasteiger charge is 2.28. The zero-order valence-electron chi connectivity index (χ0n) is 10.0. The number of hydrogen-bond acceptors (Lipinski definition) is 3. The normalized spacial score (nSPS) is 29.0. The van der Waals surface area contributed by atoms with Crippen molar-refractivity contribution in [3.63, 3.8) is 0 Å². The average molecular weight is 211 g/mol. The molecule has 2 rings (SSSR count). The number of fused-ring (bicyclic) bond motifs is 1. The first-order valence-corrected chi connectivity index (χ1v) is 6.57.